The maximum atomic E-state index is 13.1. The number of aromatic carboxylic acids is 1. The number of halogens is 2. The minimum atomic E-state index is -4.11. The van der Waals surface area contributed by atoms with Gasteiger partial charge in [-0.25, -0.2) is 22.7 Å². The first-order chi connectivity index (χ1) is 6.73. The Labute approximate surface area is 89.3 Å². The first-order valence-electron chi connectivity index (χ1n) is 3.48. The average Bonchev–Trinajstić information content (AvgIpc) is 2.06. The van der Waals surface area contributed by atoms with E-state index in [0.717, 1.165) is 6.07 Å². The second-order valence-electron chi connectivity index (χ2n) is 2.62. The Hall–Kier alpha value is -1.18. The molecule has 1 aromatic rings. The van der Waals surface area contributed by atoms with E-state index in [1.54, 1.807) is 0 Å². The molecule has 0 aromatic heterocycles. The van der Waals surface area contributed by atoms with Crippen LogP contribution in [0.15, 0.2) is 17.0 Å². The third-order valence-electron chi connectivity index (χ3n) is 1.56. The first-order valence-corrected chi connectivity index (χ1v) is 5.41. The summed E-state index contributed by atoms with van der Waals surface area (Å²) in [5.41, 5.74) is -0.841. The minimum absolute atomic E-state index is 0.550. The number of benzene rings is 1. The van der Waals surface area contributed by atoms with Gasteiger partial charge in [0.25, 0.3) is 0 Å². The van der Waals surface area contributed by atoms with Crippen molar-refractivity contribution in [2.75, 3.05) is 0 Å². The van der Waals surface area contributed by atoms with Crippen molar-refractivity contribution in [3.63, 3.8) is 0 Å². The summed E-state index contributed by atoms with van der Waals surface area (Å²) >= 11 is 5.31. The Morgan fingerprint density at radius 2 is 2.00 bits per heavy atom. The highest BCUT2D eigenvalue weighted by Gasteiger charge is 2.19. The van der Waals surface area contributed by atoms with Crippen LogP contribution in [-0.4, -0.2) is 19.5 Å². The van der Waals surface area contributed by atoms with Gasteiger partial charge in [0.15, 0.2) is 5.82 Å². The van der Waals surface area contributed by atoms with Crippen LogP contribution >= 0.6 is 11.6 Å². The molecule has 0 radical (unpaired) electrons. The zero-order chi connectivity index (χ0) is 11.8. The largest absolute Gasteiger partial charge is 0.478 e. The van der Waals surface area contributed by atoms with Crippen molar-refractivity contribution in [1.29, 1.82) is 0 Å². The normalized spacial score (nSPS) is 11.4. The van der Waals surface area contributed by atoms with Gasteiger partial charge in [-0.15, -0.1) is 0 Å². The van der Waals surface area contributed by atoms with E-state index in [-0.39, 0.29) is 0 Å². The van der Waals surface area contributed by atoms with Crippen molar-refractivity contribution >= 4 is 27.6 Å². The molecule has 0 aliphatic carbocycles. The molecule has 0 spiro atoms. The lowest BCUT2D eigenvalue weighted by Gasteiger charge is -2.03. The molecule has 5 nitrogen and oxygen atoms in total. The lowest BCUT2D eigenvalue weighted by Crippen LogP contribution is -2.14. The molecule has 8 heteroatoms. The summed E-state index contributed by atoms with van der Waals surface area (Å²) in [6.07, 6.45) is 0. The zero-order valence-electron chi connectivity index (χ0n) is 7.07. The highest BCUT2D eigenvalue weighted by Crippen LogP contribution is 2.22. The van der Waals surface area contributed by atoms with Crippen LogP contribution < -0.4 is 5.14 Å². The van der Waals surface area contributed by atoms with Gasteiger partial charge in [-0.3, -0.25) is 0 Å². The Bertz CT molecular complexity index is 528. The van der Waals surface area contributed by atoms with Gasteiger partial charge in [-0.2, -0.15) is 0 Å². The molecule has 0 aliphatic heterocycles. The van der Waals surface area contributed by atoms with E-state index in [1.165, 1.54) is 0 Å². The highest BCUT2D eigenvalue weighted by molar-refractivity contribution is 7.89. The van der Waals surface area contributed by atoms with E-state index in [2.05, 4.69) is 0 Å². The van der Waals surface area contributed by atoms with Crippen LogP contribution in [0.2, 0.25) is 5.02 Å². The molecule has 0 unspecified atom stereocenters. The Kier molecular flexibility index (Phi) is 2.98. The number of nitrogens with two attached hydrogens (primary N) is 1. The fraction of sp³-hybridized carbons (Fsp3) is 0. The molecule has 0 fully saturated rings. The van der Waals surface area contributed by atoms with Crippen molar-refractivity contribution in [2.45, 2.75) is 4.90 Å². The second-order valence-corrected chi connectivity index (χ2v) is 4.59. The molecule has 0 amide bonds. The van der Waals surface area contributed by atoms with Crippen molar-refractivity contribution in [3.05, 3.63) is 28.5 Å². The lowest BCUT2D eigenvalue weighted by atomic mass is 10.2. The molecule has 0 saturated carbocycles. The molecule has 1 rings (SSSR count). The van der Waals surface area contributed by atoms with Crippen LogP contribution in [0.1, 0.15) is 10.4 Å². The van der Waals surface area contributed by atoms with Crippen molar-refractivity contribution < 1.29 is 22.7 Å². The number of sulfonamides is 1. The van der Waals surface area contributed by atoms with Gasteiger partial charge < -0.3 is 5.11 Å². The van der Waals surface area contributed by atoms with E-state index >= 15 is 0 Å². The minimum Gasteiger partial charge on any atom is -0.478 e. The first kappa shape index (κ1) is 11.9. The number of carbonyl (C=O) groups is 1. The quantitative estimate of drug-likeness (QED) is 0.815. The SMILES string of the molecule is NS(=O)(=O)c1cc(Cl)c(F)c(C(=O)O)c1. The monoisotopic (exact) mass is 253 g/mol. The number of rotatable bonds is 2. The van der Waals surface area contributed by atoms with E-state index < -0.39 is 37.3 Å². The number of hydrogen-bond donors (Lipinski definition) is 2. The summed E-state index contributed by atoms with van der Waals surface area (Å²) in [5, 5.41) is 12.7. The van der Waals surface area contributed by atoms with Gasteiger partial charge in [0, 0.05) is 0 Å². The molecule has 1 aromatic carbocycles. The van der Waals surface area contributed by atoms with Gasteiger partial charge in [0.05, 0.1) is 15.5 Å². The standard InChI is InChI=1S/C7H5ClFNO4S/c8-5-2-3(15(10,13)14)1-4(6(5)9)7(11)12/h1-2H,(H,11,12)(H2,10,13,14). The molecule has 0 atom stereocenters. The smallest absolute Gasteiger partial charge is 0.338 e. The molecule has 15 heavy (non-hydrogen) atoms. The summed E-state index contributed by atoms with van der Waals surface area (Å²) in [4.78, 5) is 9.97. The van der Waals surface area contributed by atoms with Crippen LogP contribution in [0.25, 0.3) is 0 Å². The molecule has 3 N–H and O–H groups in total. The molecule has 0 saturated heterocycles. The van der Waals surface area contributed by atoms with Gasteiger partial charge in [-0.1, -0.05) is 11.6 Å². The second kappa shape index (κ2) is 3.76. The molecule has 0 bridgehead atoms. The van der Waals surface area contributed by atoms with Crippen LogP contribution in [0, 0.1) is 5.82 Å². The summed E-state index contributed by atoms with van der Waals surface area (Å²) in [6, 6.07) is 1.36. The average molecular weight is 254 g/mol. The summed E-state index contributed by atoms with van der Waals surface area (Å²) < 4.78 is 34.8. The topological polar surface area (TPSA) is 97.5 Å². The van der Waals surface area contributed by atoms with E-state index in [9.17, 15) is 17.6 Å². The third kappa shape index (κ3) is 2.44. The van der Waals surface area contributed by atoms with Crippen LogP contribution in [0.5, 0.6) is 0 Å². The summed E-state index contributed by atoms with van der Waals surface area (Å²) in [7, 11) is -4.11. The van der Waals surface area contributed by atoms with Crippen LogP contribution in [-0.2, 0) is 10.0 Å². The fourth-order valence-electron chi connectivity index (χ4n) is 0.884. The maximum Gasteiger partial charge on any atom is 0.338 e. The van der Waals surface area contributed by atoms with Gasteiger partial charge >= 0.3 is 5.97 Å². The molecule has 82 valence electrons. The van der Waals surface area contributed by atoms with Crippen molar-refractivity contribution in [1.82, 2.24) is 0 Å². The van der Waals surface area contributed by atoms with E-state index in [4.69, 9.17) is 21.8 Å². The molecular weight excluding hydrogens is 249 g/mol. The van der Waals surface area contributed by atoms with Gasteiger partial charge in [0.1, 0.15) is 0 Å². The predicted octanol–water partition coefficient (Wildman–Crippen LogP) is 0.825. The van der Waals surface area contributed by atoms with Crippen molar-refractivity contribution in [3.8, 4) is 0 Å². The lowest BCUT2D eigenvalue weighted by molar-refractivity contribution is 0.0691. The van der Waals surface area contributed by atoms with Crippen molar-refractivity contribution in [2.24, 2.45) is 5.14 Å². The maximum absolute atomic E-state index is 13.1. The number of carboxylic acids is 1. The third-order valence-corrected chi connectivity index (χ3v) is 2.73. The fourth-order valence-corrected chi connectivity index (χ4v) is 1.73. The molecule has 0 heterocycles. The number of carboxylic acid groups (broad SMARTS) is 1. The van der Waals surface area contributed by atoms with Crippen LogP contribution in [0.4, 0.5) is 4.39 Å². The number of hydrogen-bond acceptors (Lipinski definition) is 3. The molecular formula is C7H5ClFNO4S. The van der Waals surface area contributed by atoms with E-state index in [0.29, 0.717) is 6.07 Å². The van der Waals surface area contributed by atoms with Crippen LogP contribution in [0.3, 0.4) is 0 Å². The Balaban J connectivity index is 3.57. The zero-order valence-corrected chi connectivity index (χ0v) is 8.64. The van der Waals surface area contributed by atoms with E-state index in [1.807, 2.05) is 0 Å². The summed E-state index contributed by atoms with van der Waals surface area (Å²) in [6.45, 7) is 0. The van der Waals surface area contributed by atoms with Gasteiger partial charge in [0.2, 0.25) is 10.0 Å². The Morgan fingerprint density at radius 3 is 2.40 bits per heavy atom. The summed E-state index contributed by atoms with van der Waals surface area (Å²) in [5.74, 6) is -2.82. The number of primary sulfonamides is 1. The van der Waals surface area contributed by atoms with Gasteiger partial charge in [-0.05, 0) is 12.1 Å². The highest BCUT2D eigenvalue weighted by atomic mass is 35.5. The molecule has 0 aliphatic rings. The Morgan fingerprint density at radius 1 is 1.47 bits per heavy atom. The predicted molar refractivity (Wildman–Crippen MR) is 49.7 cm³/mol.